The number of halogens is 3. The second kappa shape index (κ2) is 10.4. The largest absolute Gasteiger partial charge is 0.496 e. The summed E-state index contributed by atoms with van der Waals surface area (Å²) >= 11 is 0. The van der Waals surface area contributed by atoms with Gasteiger partial charge < -0.3 is 20.1 Å². The number of rotatable bonds is 8. The fourth-order valence-electron chi connectivity index (χ4n) is 2.47. The van der Waals surface area contributed by atoms with Crippen molar-refractivity contribution in [1.82, 2.24) is 10.6 Å². The molecule has 2 rings (SSSR count). The van der Waals surface area contributed by atoms with Crippen LogP contribution in [0.2, 0.25) is 0 Å². The number of nitrogens with zero attached hydrogens (tertiary/aromatic N) is 1. The van der Waals surface area contributed by atoms with E-state index in [0.717, 1.165) is 11.3 Å². The highest BCUT2D eigenvalue weighted by Crippen LogP contribution is 2.22. The van der Waals surface area contributed by atoms with Gasteiger partial charge in [0.25, 0.3) is 0 Å². The van der Waals surface area contributed by atoms with Crippen LogP contribution in [0.5, 0.6) is 11.5 Å². The van der Waals surface area contributed by atoms with E-state index < -0.39 is 12.8 Å². The van der Waals surface area contributed by atoms with Gasteiger partial charge in [-0.1, -0.05) is 36.4 Å². The van der Waals surface area contributed by atoms with E-state index in [1.165, 1.54) is 6.07 Å². The number of benzene rings is 2. The fourth-order valence-corrected chi connectivity index (χ4v) is 2.47. The van der Waals surface area contributed by atoms with Gasteiger partial charge in [-0.2, -0.15) is 13.2 Å². The smallest absolute Gasteiger partial charge is 0.422 e. The molecule has 0 bridgehead atoms. The predicted molar refractivity (Wildman–Crippen MR) is 103 cm³/mol. The minimum Gasteiger partial charge on any atom is -0.496 e. The molecule has 0 fully saturated rings. The maximum Gasteiger partial charge on any atom is 0.422 e. The number of alkyl halides is 3. The van der Waals surface area contributed by atoms with Crippen LogP contribution in [-0.2, 0) is 13.1 Å². The van der Waals surface area contributed by atoms with Gasteiger partial charge in [0.1, 0.15) is 11.5 Å². The van der Waals surface area contributed by atoms with Crippen molar-refractivity contribution in [2.45, 2.75) is 26.2 Å². The first-order valence-electron chi connectivity index (χ1n) is 8.84. The van der Waals surface area contributed by atoms with Gasteiger partial charge in [0, 0.05) is 24.2 Å². The van der Waals surface area contributed by atoms with Crippen molar-refractivity contribution >= 4 is 5.96 Å². The van der Waals surface area contributed by atoms with Crippen LogP contribution < -0.4 is 20.1 Å². The highest BCUT2D eigenvalue weighted by Gasteiger charge is 2.28. The highest BCUT2D eigenvalue weighted by atomic mass is 19.4. The molecule has 0 spiro atoms. The summed E-state index contributed by atoms with van der Waals surface area (Å²) in [6.07, 6.45) is -4.38. The van der Waals surface area contributed by atoms with Gasteiger partial charge in [-0.05, 0) is 19.1 Å². The molecule has 0 unspecified atom stereocenters. The molecule has 0 atom stereocenters. The van der Waals surface area contributed by atoms with Crippen molar-refractivity contribution in [3.05, 3.63) is 59.7 Å². The van der Waals surface area contributed by atoms with Crippen LogP contribution in [0.1, 0.15) is 18.1 Å². The SMILES string of the molecule is CCNC(=NCc1ccccc1OC)NCc1ccccc1OCC(F)(F)F. The van der Waals surface area contributed by atoms with Gasteiger partial charge in [-0.3, -0.25) is 0 Å². The van der Waals surface area contributed by atoms with E-state index in [1.54, 1.807) is 25.3 Å². The van der Waals surface area contributed by atoms with E-state index in [0.29, 0.717) is 24.6 Å². The summed E-state index contributed by atoms with van der Waals surface area (Å²) in [7, 11) is 1.60. The fraction of sp³-hybridized carbons (Fsp3) is 0.350. The van der Waals surface area contributed by atoms with Gasteiger partial charge in [-0.15, -0.1) is 0 Å². The van der Waals surface area contributed by atoms with Crippen LogP contribution in [-0.4, -0.2) is 32.4 Å². The number of nitrogens with one attached hydrogen (secondary N) is 2. The van der Waals surface area contributed by atoms with Crippen LogP contribution in [0.15, 0.2) is 53.5 Å². The van der Waals surface area contributed by atoms with E-state index in [-0.39, 0.29) is 12.3 Å². The normalized spacial score (nSPS) is 11.8. The van der Waals surface area contributed by atoms with Crippen molar-refractivity contribution in [2.24, 2.45) is 4.99 Å². The quantitative estimate of drug-likeness (QED) is 0.526. The van der Waals surface area contributed by atoms with E-state index >= 15 is 0 Å². The van der Waals surface area contributed by atoms with Crippen molar-refractivity contribution in [3.63, 3.8) is 0 Å². The topological polar surface area (TPSA) is 54.9 Å². The molecule has 2 aromatic rings. The summed E-state index contributed by atoms with van der Waals surface area (Å²) in [4.78, 5) is 4.52. The predicted octanol–water partition coefficient (Wildman–Crippen LogP) is 3.89. The van der Waals surface area contributed by atoms with E-state index in [4.69, 9.17) is 9.47 Å². The molecule has 0 saturated carbocycles. The monoisotopic (exact) mass is 395 g/mol. The number of aliphatic imine (C=N–C) groups is 1. The minimum absolute atomic E-state index is 0.188. The van der Waals surface area contributed by atoms with Gasteiger partial charge in [0.05, 0.1) is 13.7 Å². The maximum absolute atomic E-state index is 12.4. The molecule has 8 heteroatoms. The molecule has 5 nitrogen and oxygen atoms in total. The highest BCUT2D eigenvalue weighted by molar-refractivity contribution is 5.79. The summed E-state index contributed by atoms with van der Waals surface area (Å²) in [5.41, 5.74) is 1.53. The number of guanidine groups is 1. The van der Waals surface area contributed by atoms with Crippen molar-refractivity contribution in [2.75, 3.05) is 20.3 Å². The molecule has 0 aliphatic rings. The molecule has 152 valence electrons. The Morgan fingerprint density at radius 1 is 0.964 bits per heavy atom. The van der Waals surface area contributed by atoms with Gasteiger partial charge >= 0.3 is 6.18 Å². The molecule has 0 saturated heterocycles. The Hall–Kier alpha value is -2.90. The maximum atomic E-state index is 12.4. The molecular formula is C20H24F3N3O2. The zero-order valence-electron chi connectivity index (χ0n) is 15.8. The molecule has 0 aliphatic heterocycles. The van der Waals surface area contributed by atoms with Crippen LogP contribution in [0, 0.1) is 0 Å². The lowest BCUT2D eigenvalue weighted by atomic mass is 10.2. The zero-order valence-corrected chi connectivity index (χ0v) is 15.8. The molecular weight excluding hydrogens is 371 g/mol. The summed E-state index contributed by atoms with van der Waals surface area (Å²) < 4.78 is 47.5. The average molecular weight is 395 g/mol. The number of para-hydroxylation sites is 2. The molecule has 0 heterocycles. The van der Waals surface area contributed by atoms with E-state index in [2.05, 4.69) is 15.6 Å². The Morgan fingerprint density at radius 3 is 2.25 bits per heavy atom. The molecule has 0 aliphatic carbocycles. The third-order valence-electron chi connectivity index (χ3n) is 3.75. The average Bonchev–Trinajstić information content (AvgIpc) is 2.68. The van der Waals surface area contributed by atoms with Gasteiger partial charge in [0.15, 0.2) is 12.6 Å². The molecule has 0 amide bonds. The second-order valence-corrected chi connectivity index (χ2v) is 5.87. The van der Waals surface area contributed by atoms with E-state index in [9.17, 15) is 13.2 Å². The molecule has 28 heavy (non-hydrogen) atoms. The standard InChI is InChI=1S/C20H24F3N3O2/c1-3-24-19(25-12-15-8-4-6-10-17(15)27-2)26-13-16-9-5-7-11-18(16)28-14-20(21,22)23/h4-11H,3,12-14H2,1-2H3,(H2,24,25,26). The Morgan fingerprint density at radius 2 is 1.61 bits per heavy atom. The summed E-state index contributed by atoms with van der Waals surface area (Å²) in [5, 5.41) is 6.23. The minimum atomic E-state index is -4.38. The Labute approximate surface area is 162 Å². The number of hydrogen-bond donors (Lipinski definition) is 2. The first-order valence-corrected chi connectivity index (χ1v) is 8.84. The Kier molecular flexibility index (Phi) is 7.98. The van der Waals surface area contributed by atoms with Crippen LogP contribution >= 0.6 is 0 Å². The summed E-state index contributed by atoms with van der Waals surface area (Å²) in [5.74, 6) is 1.47. The number of ether oxygens (including phenoxy) is 2. The molecule has 0 aromatic heterocycles. The third-order valence-corrected chi connectivity index (χ3v) is 3.75. The summed E-state index contributed by atoms with van der Waals surface area (Å²) in [6, 6.07) is 14.2. The molecule has 0 radical (unpaired) electrons. The Balaban J connectivity index is 2.05. The lowest BCUT2D eigenvalue weighted by Gasteiger charge is -2.15. The van der Waals surface area contributed by atoms with Crippen molar-refractivity contribution in [1.29, 1.82) is 0 Å². The molecule has 2 aromatic carbocycles. The van der Waals surface area contributed by atoms with Crippen molar-refractivity contribution in [3.8, 4) is 11.5 Å². The van der Waals surface area contributed by atoms with Gasteiger partial charge in [-0.25, -0.2) is 4.99 Å². The lowest BCUT2D eigenvalue weighted by molar-refractivity contribution is -0.153. The van der Waals surface area contributed by atoms with Gasteiger partial charge in [0.2, 0.25) is 0 Å². The number of methoxy groups -OCH3 is 1. The lowest BCUT2D eigenvalue weighted by Crippen LogP contribution is -2.37. The number of hydrogen-bond acceptors (Lipinski definition) is 3. The van der Waals surface area contributed by atoms with Crippen LogP contribution in [0.3, 0.4) is 0 Å². The van der Waals surface area contributed by atoms with Crippen LogP contribution in [0.25, 0.3) is 0 Å². The summed E-state index contributed by atoms with van der Waals surface area (Å²) in [6.45, 7) is 1.91. The van der Waals surface area contributed by atoms with Crippen LogP contribution in [0.4, 0.5) is 13.2 Å². The zero-order chi connectivity index (χ0) is 20.4. The molecule has 2 N–H and O–H groups in total. The second-order valence-electron chi connectivity index (χ2n) is 5.87. The third kappa shape index (κ3) is 7.02. The first-order chi connectivity index (χ1) is 13.4. The Bertz CT molecular complexity index is 779. The van der Waals surface area contributed by atoms with E-state index in [1.807, 2.05) is 31.2 Å². The first kappa shape index (κ1) is 21.4. The van der Waals surface area contributed by atoms with Crippen molar-refractivity contribution < 1.29 is 22.6 Å².